The molecular formula is C10H10BFN3+. The Morgan fingerprint density at radius 3 is 2.13 bits per heavy atom. The second-order valence-corrected chi connectivity index (χ2v) is 3.54. The fraction of sp³-hybridized carbons (Fsp3) is 0.100. The molecule has 3 rings (SSSR count). The zero-order valence-corrected chi connectivity index (χ0v) is 8.31. The summed E-state index contributed by atoms with van der Waals surface area (Å²) in [7, 11) is 0.708. The van der Waals surface area contributed by atoms with Crippen molar-refractivity contribution >= 4 is 13.0 Å². The van der Waals surface area contributed by atoms with Gasteiger partial charge in [-0.3, -0.25) is 4.32 Å². The van der Waals surface area contributed by atoms with E-state index in [1.165, 1.54) is 0 Å². The first-order valence-corrected chi connectivity index (χ1v) is 4.86. The normalized spacial score (nSPS) is 13.7. The van der Waals surface area contributed by atoms with Crippen LogP contribution in [0, 0.1) is 0 Å². The summed E-state index contributed by atoms with van der Waals surface area (Å²) in [6.07, 6.45) is 3.50. The fourth-order valence-corrected chi connectivity index (χ4v) is 2.10. The highest BCUT2D eigenvalue weighted by molar-refractivity contribution is 6.50. The van der Waals surface area contributed by atoms with Gasteiger partial charge in [-0.25, -0.2) is 4.99 Å². The van der Waals surface area contributed by atoms with Gasteiger partial charge < -0.3 is 8.96 Å². The van der Waals surface area contributed by atoms with Crippen LogP contribution < -0.4 is 4.99 Å². The van der Waals surface area contributed by atoms with Crippen LogP contribution in [0.4, 0.5) is 4.32 Å². The molecule has 0 atom stereocenters. The molecule has 0 amide bonds. The van der Waals surface area contributed by atoms with Gasteiger partial charge in [0.15, 0.2) is 0 Å². The Kier molecular flexibility index (Phi) is 1.62. The van der Waals surface area contributed by atoms with Gasteiger partial charge >= 0.3 is 7.26 Å². The summed E-state index contributed by atoms with van der Waals surface area (Å²) in [5, 5.41) is 0. The molecular weight excluding hydrogens is 192 g/mol. The van der Waals surface area contributed by atoms with Crippen molar-refractivity contribution in [3.05, 3.63) is 48.0 Å². The van der Waals surface area contributed by atoms with Crippen LogP contribution in [0.15, 0.2) is 36.7 Å². The van der Waals surface area contributed by atoms with Crippen LogP contribution in [-0.4, -0.2) is 29.0 Å². The van der Waals surface area contributed by atoms with E-state index in [1.54, 1.807) is 21.3 Å². The van der Waals surface area contributed by atoms with Gasteiger partial charge in [-0.1, -0.05) is 0 Å². The third-order valence-corrected chi connectivity index (χ3v) is 2.78. The van der Waals surface area contributed by atoms with Crippen molar-refractivity contribution in [1.82, 2.24) is 8.96 Å². The van der Waals surface area contributed by atoms with Crippen LogP contribution in [0.1, 0.15) is 11.4 Å². The summed E-state index contributed by atoms with van der Waals surface area (Å²) in [4.78, 5) is 3.12. The standard InChI is InChI=1S/C10H9BFN3/c1-13-10-8-4-2-6-14(8)11(12)15-7-3-5-9(10)15/h2-7H,1H3/p+1. The van der Waals surface area contributed by atoms with Gasteiger partial charge in [0.05, 0.1) is 0 Å². The van der Waals surface area contributed by atoms with Crippen LogP contribution in [0.5, 0.6) is 0 Å². The molecule has 2 aromatic rings. The fourth-order valence-electron chi connectivity index (χ4n) is 2.10. The summed E-state index contributed by atoms with van der Waals surface area (Å²) in [5.74, 6) is 0. The molecule has 74 valence electrons. The molecule has 0 saturated carbocycles. The molecule has 0 aromatic carbocycles. The van der Waals surface area contributed by atoms with Crippen molar-refractivity contribution < 1.29 is 9.31 Å². The van der Waals surface area contributed by atoms with E-state index in [4.69, 9.17) is 0 Å². The van der Waals surface area contributed by atoms with Crippen LogP contribution in [0.2, 0.25) is 0 Å². The molecule has 1 aliphatic heterocycles. The number of fused-ring (bicyclic) bond motifs is 2. The monoisotopic (exact) mass is 202 g/mol. The van der Waals surface area contributed by atoms with Crippen LogP contribution in [-0.2, 0) is 0 Å². The number of hydrogen-bond donors (Lipinski definition) is 1. The van der Waals surface area contributed by atoms with E-state index in [1.807, 2.05) is 31.3 Å². The quantitative estimate of drug-likeness (QED) is 0.557. The smallest absolute Gasteiger partial charge is 0.337 e. The largest absolute Gasteiger partial charge is 0.596 e. The van der Waals surface area contributed by atoms with Crippen molar-refractivity contribution in [3.8, 4) is 0 Å². The minimum Gasteiger partial charge on any atom is -0.337 e. The number of halogens is 1. The highest BCUT2D eigenvalue weighted by Crippen LogP contribution is 2.18. The van der Waals surface area contributed by atoms with E-state index in [0.29, 0.717) is 0 Å². The van der Waals surface area contributed by atoms with Gasteiger partial charge in [0.2, 0.25) is 5.71 Å². The minimum absolute atomic E-state index is 0.885. The van der Waals surface area contributed by atoms with Crippen molar-refractivity contribution in [2.24, 2.45) is 0 Å². The SMILES string of the molecule is C[NH+]=C1c2cccn2B(F)n2cccc21. The molecule has 1 aliphatic rings. The summed E-state index contributed by atoms with van der Waals surface area (Å²) < 4.78 is 17.3. The van der Waals surface area contributed by atoms with E-state index >= 15 is 0 Å². The molecule has 2 aromatic heterocycles. The Hall–Kier alpha value is -1.78. The lowest BCUT2D eigenvalue weighted by Gasteiger charge is -2.18. The summed E-state index contributed by atoms with van der Waals surface area (Å²) in [6.45, 7) is 0. The van der Waals surface area contributed by atoms with E-state index in [0.717, 1.165) is 17.1 Å². The third kappa shape index (κ3) is 0.974. The van der Waals surface area contributed by atoms with Crippen LogP contribution >= 0.6 is 0 Å². The average Bonchev–Trinajstić information content (AvgIpc) is 2.85. The molecule has 3 nitrogen and oxygen atoms in total. The van der Waals surface area contributed by atoms with Crippen molar-refractivity contribution in [1.29, 1.82) is 0 Å². The highest BCUT2D eigenvalue weighted by atomic mass is 19.1. The molecule has 0 spiro atoms. The van der Waals surface area contributed by atoms with E-state index in [9.17, 15) is 4.32 Å². The number of hydrogen-bond acceptors (Lipinski definition) is 0. The zero-order chi connectivity index (χ0) is 10.4. The summed E-state index contributed by atoms with van der Waals surface area (Å²) >= 11 is 0. The van der Waals surface area contributed by atoms with Gasteiger partial charge in [0.1, 0.15) is 18.4 Å². The molecule has 0 bridgehead atoms. The Morgan fingerprint density at radius 2 is 1.67 bits per heavy atom. The lowest BCUT2D eigenvalue weighted by atomic mass is 9.97. The maximum absolute atomic E-state index is 14.0. The van der Waals surface area contributed by atoms with Gasteiger partial charge in [0, 0.05) is 0 Å². The Balaban J connectivity index is 2.33. The zero-order valence-electron chi connectivity index (χ0n) is 8.31. The lowest BCUT2D eigenvalue weighted by Crippen LogP contribution is -2.70. The van der Waals surface area contributed by atoms with E-state index in [2.05, 4.69) is 4.99 Å². The minimum atomic E-state index is -1.14. The van der Waals surface area contributed by atoms with Gasteiger partial charge in [-0.05, 0) is 36.7 Å². The lowest BCUT2D eigenvalue weighted by molar-refractivity contribution is -0.418. The predicted octanol–water partition coefficient (Wildman–Crippen LogP) is -0.498. The molecule has 0 fully saturated rings. The molecule has 15 heavy (non-hydrogen) atoms. The Bertz CT molecular complexity index is 496. The molecule has 0 unspecified atom stereocenters. The van der Waals surface area contributed by atoms with Gasteiger partial charge in [-0.2, -0.15) is 0 Å². The first kappa shape index (κ1) is 8.53. The van der Waals surface area contributed by atoms with E-state index < -0.39 is 7.26 Å². The summed E-state index contributed by atoms with van der Waals surface area (Å²) in [5.41, 5.74) is 2.73. The van der Waals surface area contributed by atoms with Crippen LogP contribution in [0.3, 0.4) is 0 Å². The first-order chi connectivity index (χ1) is 7.33. The summed E-state index contributed by atoms with van der Waals surface area (Å²) in [6, 6.07) is 7.53. The first-order valence-electron chi connectivity index (χ1n) is 4.86. The topological polar surface area (TPSA) is 23.8 Å². The highest BCUT2D eigenvalue weighted by Gasteiger charge is 2.35. The molecule has 0 saturated heterocycles. The van der Waals surface area contributed by atoms with Crippen LogP contribution in [0.25, 0.3) is 0 Å². The molecule has 5 heteroatoms. The van der Waals surface area contributed by atoms with Crippen molar-refractivity contribution in [2.45, 2.75) is 0 Å². The average molecular weight is 202 g/mol. The predicted molar refractivity (Wildman–Crippen MR) is 56.6 cm³/mol. The maximum atomic E-state index is 14.0. The van der Waals surface area contributed by atoms with Crippen molar-refractivity contribution in [2.75, 3.05) is 7.05 Å². The van der Waals surface area contributed by atoms with E-state index in [-0.39, 0.29) is 0 Å². The molecule has 1 N–H and O–H groups in total. The number of nitrogens with zero attached hydrogens (tertiary/aromatic N) is 2. The van der Waals surface area contributed by atoms with Crippen molar-refractivity contribution in [3.63, 3.8) is 0 Å². The van der Waals surface area contributed by atoms with Gasteiger partial charge in [0.25, 0.3) is 0 Å². The van der Waals surface area contributed by atoms with Gasteiger partial charge in [-0.15, -0.1) is 0 Å². The second kappa shape index (κ2) is 2.86. The second-order valence-electron chi connectivity index (χ2n) is 3.54. The molecule has 3 heterocycles. The number of aromatic nitrogens is 2. The molecule has 0 radical (unpaired) electrons. The Morgan fingerprint density at radius 1 is 1.13 bits per heavy atom. The number of rotatable bonds is 0. The number of nitrogens with one attached hydrogen (secondary N) is 1. The Labute approximate surface area is 87.0 Å². The third-order valence-electron chi connectivity index (χ3n) is 2.78. The molecule has 0 aliphatic carbocycles. The maximum Gasteiger partial charge on any atom is 0.596 e.